The molecule has 4 rings (SSSR count). The van der Waals surface area contributed by atoms with Gasteiger partial charge in [0.15, 0.2) is 5.13 Å². The maximum absolute atomic E-state index is 12.9. The number of urea groups is 1. The largest absolute Gasteiger partial charge is 0.345 e. The molecule has 0 N–H and O–H groups in total. The van der Waals surface area contributed by atoms with Crippen LogP contribution in [0.25, 0.3) is 0 Å². The summed E-state index contributed by atoms with van der Waals surface area (Å²) in [6, 6.07) is 10.1. The van der Waals surface area contributed by atoms with Crippen LogP contribution in [0.3, 0.4) is 0 Å². The lowest BCUT2D eigenvalue weighted by atomic mass is 10.1. The Kier molecular flexibility index (Phi) is 4.40. The van der Waals surface area contributed by atoms with Gasteiger partial charge < -0.3 is 9.80 Å². The third kappa shape index (κ3) is 3.24. The zero-order valence-electron chi connectivity index (χ0n) is 14.2. The Balaban J connectivity index is 1.41. The maximum atomic E-state index is 12.9. The molecule has 25 heavy (non-hydrogen) atoms. The van der Waals surface area contributed by atoms with Gasteiger partial charge >= 0.3 is 6.03 Å². The highest BCUT2D eigenvalue weighted by atomic mass is 32.1. The van der Waals surface area contributed by atoms with E-state index in [2.05, 4.69) is 34.0 Å². The molecular formula is C18H21N5OS. The predicted molar refractivity (Wildman–Crippen MR) is 100 cm³/mol. The SMILES string of the molecule is Cc1cnc(N2CCN(C(=O)N3N=CCC3c3ccccc3)CC2)s1. The molecule has 0 saturated carbocycles. The summed E-state index contributed by atoms with van der Waals surface area (Å²) in [6.45, 7) is 5.09. The van der Waals surface area contributed by atoms with Gasteiger partial charge in [-0.15, -0.1) is 11.3 Å². The number of rotatable bonds is 2. The molecule has 2 aliphatic heterocycles. The number of hydrogen-bond acceptors (Lipinski definition) is 5. The number of carbonyl (C=O) groups is 1. The van der Waals surface area contributed by atoms with Gasteiger partial charge in [-0.1, -0.05) is 30.3 Å². The third-order valence-corrected chi connectivity index (χ3v) is 5.61. The Labute approximate surface area is 151 Å². The highest BCUT2D eigenvalue weighted by Crippen LogP contribution is 2.29. The van der Waals surface area contributed by atoms with Gasteiger partial charge in [-0.3, -0.25) is 0 Å². The molecule has 2 aliphatic rings. The molecule has 1 aromatic carbocycles. The molecule has 1 aromatic heterocycles. The molecule has 2 aromatic rings. The lowest BCUT2D eigenvalue weighted by Crippen LogP contribution is -2.52. The molecule has 0 spiro atoms. The average Bonchev–Trinajstić information content (AvgIpc) is 3.31. The smallest absolute Gasteiger partial charge is 0.341 e. The van der Waals surface area contributed by atoms with Crippen molar-refractivity contribution in [2.45, 2.75) is 19.4 Å². The third-order valence-electron chi connectivity index (χ3n) is 4.64. The topological polar surface area (TPSA) is 52.0 Å². The summed E-state index contributed by atoms with van der Waals surface area (Å²) >= 11 is 1.70. The fourth-order valence-electron chi connectivity index (χ4n) is 3.27. The van der Waals surface area contributed by atoms with Gasteiger partial charge in [0.1, 0.15) is 0 Å². The number of thiazole rings is 1. The molecule has 2 amide bonds. The van der Waals surface area contributed by atoms with E-state index in [1.54, 1.807) is 16.3 Å². The van der Waals surface area contributed by atoms with Crippen LogP contribution >= 0.6 is 11.3 Å². The average molecular weight is 355 g/mol. The van der Waals surface area contributed by atoms with Gasteiger partial charge in [0.05, 0.1) is 6.04 Å². The first-order valence-electron chi connectivity index (χ1n) is 8.55. The van der Waals surface area contributed by atoms with E-state index in [9.17, 15) is 4.79 Å². The highest BCUT2D eigenvalue weighted by molar-refractivity contribution is 7.15. The summed E-state index contributed by atoms with van der Waals surface area (Å²) in [4.78, 5) is 22.7. The van der Waals surface area contributed by atoms with Crippen LogP contribution in [0.4, 0.5) is 9.93 Å². The minimum atomic E-state index is -0.00225. The predicted octanol–water partition coefficient (Wildman–Crippen LogP) is 3.13. The standard InChI is InChI=1S/C18H21N5OS/c1-14-13-19-17(25-14)21-9-11-22(12-10-21)18(24)23-16(7-8-20-23)15-5-3-2-4-6-15/h2-6,8,13,16H,7,9-12H2,1H3. The minimum absolute atomic E-state index is 0.00225. The fraction of sp³-hybridized carbons (Fsp3) is 0.389. The van der Waals surface area contributed by atoms with Crippen LogP contribution in [0, 0.1) is 6.92 Å². The van der Waals surface area contributed by atoms with E-state index < -0.39 is 0 Å². The van der Waals surface area contributed by atoms with Crippen molar-refractivity contribution in [3.8, 4) is 0 Å². The fourth-order valence-corrected chi connectivity index (χ4v) is 4.08. The molecule has 0 aliphatic carbocycles. The van der Waals surface area contributed by atoms with Gasteiger partial charge in [-0.25, -0.2) is 14.8 Å². The van der Waals surface area contributed by atoms with E-state index in [4.69, 9.17) is 0 Å². The quantitative estimate of drug-likeness (QED) is 0.832. The van der Waals surface area contributed by atoms with Gasteiger partial charge in [0.2, 0.25) is 0 Å². The second-order valence-electron chi connectivity index (χ2n) is 6.31. The van der Waals surface area contributed by atoms with Crippen LogP contribution in [-0.4, -0.2) is 53.3 Å². The summed E-state index contributed by atoms with van der Waals surface area (Å²) in [5, 5.41) is 7.03. The summed E-state index contributed by atoms with van der Waals surface area (Å²) in [6.07, 6.45) is 4.51. The van der Waals surface area contributed by atoms with Crippen molar-refractivity contribution in [2.75, 3.05) is 31.1 Å². The number of hydrazone groups is 1. The van der Waals surface area contributed by atoms with E-state index >= 15 is 0 Å². The van der Waals surface area contributed by atoms with Crippen molar-refractivity contribution in [3.05, 3.63) is 47.0 Å². The first-order valence-corrected chi connectivity index (χ1v) is 9.37. The summed E-state index contributed by atoms with van der Waals surface area (Å²) < 4.78 is 0. The molecule has 0 radical (unpaired) electrons. The molecule has 1 fully saturated rings. The van der Waals surface area contributed by atoms with Crippen LogP contribution < -0.4 is 4.90 Å². The summed E-state index contributed by atoms with van der Waals surface area (Å²) in [5.41, 5.74) is 1.13. The van der Waals surface area contributed by atoms with Crippen molar-refractivity contribution in [2.24, 2.45) is 5.10 Å². The minimum Gasteiger partial charge on any atom is -0.345 e. The molecule has 130 valence electrons. The number of anilines is 1. The number of amides is 2. The van der Waals surface area contributed by atoms with Crippen LogP contribution in [0.1, 0.15) is 22.9 Å². The molecule has 1 saturated heterocycles. The normalized spacial score (nSPS) is 20.4. The number of nitrogens with zero attached hydrogens (tertiary/aromatic N) is 5. The molecule has 7 heteroatoms. The Morgan fingerprint density at radius 1 is 1.16 bits per heavy atom. The zero-order valence-corrected chi connectivity index (χ0v) is 15.0. The number of piperazine rings is 1. The van der Waals surface area contributed by atoms with Crippen LogP contribution in [0.5, 0.6) is 0 Å². The Bertz CT molecular complexity index is 767. The monoisotopic (exact) mass is 355 g/mol. The van der Waals surface area contributed by atoms with Crippen molar-refractivity contribution >= 4 is 28.7 Å². The second kappa shape index (κ2) is 6.84. The number of hydrogen-bond donors (Lipinski definition) is 0. The first-order chi connectivity index (χ1) is 12.2. The van der Waals surface area contributed by atoms with Crippen molar-refractivity contribution in [3.63, 3.8) is 0 Å². The van der Waals surface area contributed by atoms with Gasteiger partial charge in [-0.2, -0.15) is 5.10 Å². The maximum Gasteiger partial charge on any atom is 0.341 e. The van der Waals surface area contributed by atoms with Crippen LogP contribution in [0.2, 0.25) is 0 Å². The number of benzene rings is 1. The molecule has 0 bridgehead atoms. The van der Waals surface area contributed by atoms with E-state index in [1.807, 2.05) is 35.5 Å². The second-order valence-corrected chi connectivity index (χ2v) is 7.53. The lowest BCUT2D eigenvalue weighted by Gasteiger charge is -2.36. The van der Waals surface area contributed by atoms with Gasteiger partial charge in [-0.05, 0) is 12.5 Å². The summed E-state index contributed by atoms with van der Waals surface area (Å²) in [7, 11) is 0. The molecule has 1 unspecified atom stereocenters. The van der Waals surface area contributed by atoms with Crippen LogP contribution in [-0.2, 0) is 0 Å². The molecule has 1 atom stereocenters. The molecular weight excluding hydrogens is 334 g/mol. The Morgan fingerprint density at radius 3 is 2.60 bits per heavy atom. The number of aromatic nitrogens is 1. The lowest BCUT2D eigenvalue weighted by molar-refractivity contribution is 0.139. The van der Waals surface area contributed by atoms with Crippen molar-refractivity contribution < 1.29 is 4.79 Å². The Hall–Kier alpha value is -2.41. The van der Waals surface area contributed by atoms with Gasteiger partial charge in [0, 0.05) is 49.9 Å². The summed E-state index contributed by atoms with van der Waals surface area (Å²) in [5.74, 6) is 0. The van der Waals surface area contributed by atoms with Gasteiger partial charge in [0.25, 0.3) is 0 Å². The Morgan fingerprint density at radius 2 is 1.92 bits per heavy atom. The number of aryl methyl sites for hydroxylation is 1. The van der Waals surface area contributed by atoms with E-state index in [0.717, 1.165) is 30.2 Å². The van der Waals surface area contributed by atoms with Crippen molar-refractivity contribution in [1.29, 1.82) is 0 Å². The van der Waals surface area contributed by atoms with Crippen molar-refractivity contribution in [1.82, 2.24) is 14.9 Å². The van der Waals surface area contributed by atoms with E-state index in [-0.39, 0.29) is 12.1 Å². The van der Waals surface area contributed by atoms with E-state index in [0.29, 0.717) is 13.1 Å². The molecule has 6 nitrogen and oxygen atoms in total. The van der Waals surface area contributed by atoms with E-state index in [1.165, 1.54) is 4.88 Å². The number of carbonyl (C=O) groups excluding carboxylic acids is 1. The molecule has 3 heterocycles. The zero-order chi connectivity index (χ0) is 17.2. The highest BCUT2D eigenvalue weighted by Gasteiger charge is 2.33. The first kappa shape index (κ1) is 16.1. The van der Waals surface area contributed by atoms with Crippen LogP contribution in [0.15, 0.2) is 41.6 Å².